The fraction of sp³-hybridized carbons (Fsp3) is 0. The first kappa shape index (κ1) is 11.7. The Labute approximate surface area is 107 Å². The van der Waals surface area contributed by atoms with Crippen LogP contribution < -0.4 is 0 Å². The van der Waals surface area contributed by atoms with Crippen LogP contribution in [0.5, 0.6) is 0 Å². The van der Waals surface area contributed by atoms with Crippen molar-refractivity contribution in [3.63, 3.8) is 0 Å². The van der Waals surface area contributed by atoms with E-state index in [9.17, 15) is 9.59 Å². The normalized spacial score (nSPS) is 9.86. The SMILES string of the molecule is O=C(O)c1ccc(I)c(I)c1C(=O)O. The Balaban J connectivity index is 3.53. The van der Waals surface area contributed by atoms with Crippen LogP contribution in [0.1, 0.15) is 20.7 Å². The van der Waals surface area contributed by atoms with Crippen LogP contribution in [-0.4, -0.2) is 22.2 Å². The summed E-state index contributed by atoms with van der Waals surface area (Å²) in [4.78, 5) is 21.5. The van der Waals surface area contributed by atoms with Crippen LogP contribution in [0.25, 0.3) is 0 Å². The van der Waals surface area contributed by atoms with Crippen molar-refractivity contribution in [3.8, 4) is 0 Å². The van der Waals surface area contributed by atoms with E-state index >= 15 is 0 Å². The number of hydrogen-bond donors (Lipinski definition) is 2. The lowest BCUT2D eigenvalue weighted by Gasteiger charge is -2.05. The van der Waals surface area contributed by atoms with E-state index in [1.54, 1.807) is 6.07 Å². The molecule has 0 saturated heterocycles. The molecule has 0 bridgehead atoms. The lowest BCUT2D eigenvalue weighted by atomic mass is 10.1. The van der Waals surface area contributed by atoms with Gasteiger partial charge in [-0.1, -0.05) is 0 Å². The Hall–Kier alpha value is -0.380. The van der Waals surface area contributed by atoms with Gasteiger partial charge in [-0.2, -0.15) is 0 Å². The van der Waals surface area contributed by atoms with Crippen molar-refractivity contribution in [1.29, 1.82) is 0 Å². The first-order valence-corrected chi connectivity index (χ1v) is 5.55. The van der Waals surface area contributed by atoms with Gasteiger partial charge >= 0.3 is 11.9 Å². The minimum atomic E-state index is -1.23. The second-order valence-electron chi connectivity index (χ2n) is 2.39. The minimum Gasteiger partial charge on any atom is -0.478 e. The van der Waals surface area contributed by atoms with E-state index in [2.05, 4.69) is 0 Å². The number of carboxylic acid groups (broad SMARTS) is 2. The van der Waals surface area contributed by atoms with Gasteiger partial charge in [-0.05, 0) is 57.3 Å². The summed E-state index contributed by atoms with van der Waals surface area (Å²) < 4.78 is 1.18. The van der Waals surface area contributed by atoms with Gasteiger partial charge in [0.1, 0.15) is 0 Å². The summed E-state index contributed by atoms with van der Waals surface area (Å²) in [7, 11) is 0. The van der Waals surface area contributed by atoms with Crippen molar-refractivity contribution in [1.82, 2.24) is 0 Å². The summed E-state index contributed by atoms with van der Waals surface area (Å²) in [5.74, 6) is -2.44. The molecule has 14 heavy (non-hydrogen) atoms. The van der Waals surface area contributed by atoms with Crippen LogP contribution in [0.2, 0.25) is 0 Å². The third kappa shape index (κ3) is 2.16. The Kier molecular flexibility index (Phi) is 3.70. The van der Waals surface area contributed by atoms with Crippen molar-refractivity contribution >= 4 is 57.1 Å². The molecule has 0 saturated carbocycles. The average molecular weight is 418 g/mol. The van der Waals surface area contributed by atoms with Gasteiger partial charge in [-0.3, -0.25) is 0 Å². The molecule has 4 nitrogen and oxygen atoms in total. The molecule has 0 atom stereocenters. The highest BCUT2D eigenvalue weighted by Crippen LogP contribution is 2.23. The van der Waals surface area contributed by atoms with Gasteiger partial charge in [0.05, 0.1) is 11.1 Å². The molecule has 0 radical (unpaired) electrons. The molecule has 1 aromatic rings. The molecule has 0 aromatic heterocycles. The van der Waals surface area contributed by atoms with Crippen LogP contribution in [0, 0.1) is 7.14 Å². The highest BCUT2D eigenvalue weighted by molar-refractivity contribution is 14.1. The summed E-state index contributed by atoms with van der Waals surface area (Å²) in [6.45, 7) is 0. The second-order valence-corrected chi connectivity index (χ2v) is 4.64. The molecular weight excluding hydrogens is 414 g/mol. The summed E-state index contributed by atoms with van der Waals surface area (Å²) in [6, 6.07) is 2.88. The molecule has 1 aromatic carbocycles. The molecule has 0 aliphatic heterocycles. The monoisotopic (exact) mass is 418 g/mol. The van der Waals surface area contributed by atoms with Crippen LogP contribution >= 0.6 is 45.2 Å². The van der Waals surface area contributed by atoms with E-state index in [0.717, 1.165) is 3.57 Å². The van der Waals surface area contributed by atoms with Gasteiger partial charge < -0.3 is 10.2 Å². The van der Waals surface area contributed by atoms with Crippen LogP contribution in [-0.2, 0) is 0 Å². The summed E-state index contributed by atoms with van der Waals surface area (Å²) in [5, 5.41) is 17.6. The van der Waals surface area contributed by atoms with E-state index < -0.39 is 11.9 Å². The third-order valence-electron chi connectivity index (χ3n) is 1.54. The van der Waals surface area contributed by atoms with E-state index in [4.69, 9.17) is 10.2 Å². The summed E-state index contributed by atoms with van der Waals surface area (Å²) >= 11 is 3.79. The van der Waals surface area contributed by atoms with Crippen molar-refractivity contribution in [2.45, 2.75) is 0 Å². The van der Waals surface area contributed by atoms with Gasteiger partial charge in [0.15, 0.2) is 0 Å². The molecule has 0 aliphatic rings. The van der Waals surface area contributed by atoms with Gasteiger partial charge in [0.25, 0.3) is 0 Å². The Morgan fingerprint density at radius 2 is 1.64 bits per heavy atom. The molecule has 0 unspecified atom stereocenters. The Morgan fingerprint density at radius 1 is 1.07 bits per heavy atom. The predicted molar refractivity (Wildman–Crippen MR) is 65.8 cm³/mol. The first-order valence-electron chi connectivity index (χ1n) is 3.39. The standard InChI is InChI=1S/C8H4I2O4/c9-4-2-1-3(7(11)12)5(6(4)10)8(13)14/h1-2H,(H,11,12)(H,13,14). The molecule has 0 spiro atoms. The minimum absolute atomic E-state index is 0.148. The molecule has 0 aliphatic carbocycles. The number of aromatic carboxylic acids is 2. The second kappa shape index (κ2) is 4.43. The topological polar surface area (TPSA) is 74.6 Å². The number of carboxylic acids is 2. The maximum Gasteiger partial charge on any atom is 0.337 e. The zero-order valence-electron chi connectivity index (χ0n) is 6.62. The zero-order chi connectivity index (χ0) is 10.9. The highest BCUT2D eigenvalue weighted by atomic mass is 127. The molecular formula is C8H4I2O4. The molecule has 0 heterocycles. The molecule has 74 valence electrons. The van der Waals surface area contributed by atoms with Crippen LogP contribution in [0.15, 0.2) is 12.1 Å². The van der Waals surface area contributed by atoms with Gasteiger partial charge in [0.2, 0.25) is 0 Å². The lowest BCUT2D eigenvalue weighted by molar-refractivity contribution is 0.0650. The number of halogens is 2. The van der Waals surface area contributed by atoms with Crippen molar-refractivity contribution in [2.24, 2.45) is 0 Å². The third-order valence-corrected chi connectivity index (χ3v) is 4.59. The molecule has 0 fully saturated rings. The largest absolute Gasteiger partial charge is 0.478 e. The fourth-order valence-corrected chi connectivity index (χ4v) is 2.09. The number of carbonyl (C=O) groups is 2. The highest BCUT2D eigenvalue weighted by Gasteiger charge is 2.20. The van der Waals surface area contributed by atoms with E-state index in [1.807, 2.05) is 45.2 Å². The number of hydrogen-bond acceptors (Lipinski definition) is 2. The fourth-order valence-electron chi connectivity index (χ4n) is 0.938. The number of rotatable bonds is 2. The zero-order valence-corrected chi connectivity index (χ0v) is 10.9. The quantitative estimate of drug-likeness (QED) is 0.724. The maximum absolute atomic E-state index is 10.8. The molecule has 6 heteroatoms. The molecule has 0 amide bonds. The van der Waals surface area contributed by atoms with Gasteiger partial charge in [-0.15, -0.1) is 0 Å². The molecule has 1 rings (SSSR count). The first-order chi connectivity index (χ1) is 6.45. The van der Waals surface area contributed by atoms with E-state index in [1.165, 1.54) is 6.07 Å². The maximum atomic E-state index is 10.8. The van der Waals surface area contributed by atoms with Crippen molar-refractivity contribution in [2.75, 3.05) is 0 Å². The van der Waals surface area contributed by atoms with E-state index in [0.29, 0.717) is 3.57 Å². The predicted octanol–water partition coefficient (Wildman–Crippen LogP) is 2.29. The van der Waals surface area contributed by atoms with Gasteiger partial charge in [0, 0.05) is 7.14 Å². The number of benzene rings is 1. The van der Waals surface area contributed by atoms with Crippen LogP contribution in [0.4, 0.5) is 0 Å². The van der Waals surface area contributed by atoms with Crippen molar-refractivity contribution < 1.29 is 19.8 Å². The average Bonchev–Trinajstić information content (AvgIpc) is 2.08. The summed E-state index contributed by atoms with van der Waals surface area (Å²) in [5.41, 5.74) is -0.327. The van der Waals surface area contributed by atoms with Crippen LogP contribution in [0.3, 0.4) is 0 Å². The lowest BCUT2D eigenvalue weighted by Crippen LogP contribution is -2.11. The molecule has 2 N–H and O–H groups in total. The summed E-state index contributed by atoms with van der Waals surface area (Å²) in [6.07, 6.45) is 0. The smallest absolute Gasteiger partial charge is 0.337 e. The van der Waals surface area contributed by atoms with Gasteiger partial charge in [-0.25, -0.2) is 9.59 Å². The Morgan fingerprint density at radius 3 is 2.07 bits per heavy atom. The Bertz CT molecular complexity index is 414. The van der Waals surface area contributed by atoms with Crippen molar-refractivity contribution in [3.05, 3.63) is 30.4 Å². The van der Waals surface area contributed by atoms with E-state index in [-0.39, 0.29) is 11.1 Å².